The topological polar surface area (TPSA) is 63.4 Å². The Labute approximate surface area is 122 Å². The third-order valence-corrected chi connectivity index (χ3v) is 5.71. The summed E-state index contributed by atoms with van der Waals surface area (Å²) in [6.45, 7) is 0.571. The van der Waals surface area contributed by atoms with Crippen molar-refractivity contribution in [2.45, 2.75) is 37.5 Å². The number of nitrogens with two attached hydrogens (primary N) is 1. The Bertz CT molecular complexity index is 563. The van der Waals surface area contributed by atoms with Crippen LogP contribution >= 0.6 is 0 Å². The first kappa shape index (κ1) is 15.3. The predicted molar refractivity (Wildman–Crippen MR) is 83.5 cm³/mol. The van der Waals surface area contributed by atoms with Crippen molar-refractivity contribution in [3.63, 3.8) is 0 Å². The summed E-state index contributed by atoms with van der Waals surface area (Å²) in [6.07, 6.45) is 6.88. The largest absolute Gasteiger partial charge is 0.330 e. The molecule has 0 saturated heterocycles. The van der Waals surface area contributed by atoms with Crippen LogP contribution in [0.3, 0.4) is 0 Å². The maximum atomic E-state index is 11.9. The van der Waals surface area contributed by atoms with Gasteiger partial charge in [0.05, 0.1) is 11.9 Å². The van der Waals surface area contributed by atoms with E-state index in [0.717, 1.165) is 36.9 Å². The quantitative estimate of drug-likeness (QED) is 0.927. The van der Waals surface area contributed by atoms with E-state index < -0.39 is 10.0 Å². The second-order valence-electron chi connectivity index (χ2n) is 5.79. The van der Waals surface area contributed by atoms with Gasteiger partial charge in [0, 0.05) is 19.0 Å². The van der Waals surface area contributed by atoms with E-state index in [1.54, 1.807) is 7.05 Å². The lowest BCUT2D eigenvalue weighted by Gasteiger charge is -2.39. The Morgan fingerprint density at radius 3 is 2.35 bits per heavy atom. The van der Waals surface area contributed by atoms with E-state index in [1.165, 1.54) is 17.0 Å². The molecule has 0 aliphatic heterocycles. The van der Waals surface area contributed by atoms with Gasteiger partial charge < -0.3 is 5.73 Å². The smallest absolute Gasteiger partial charge is 0.232 e. The van der Waals surface area contributed by atoms with Gasteiger partial charge in [0.15, 0.2) is 0 Å². The zero-order valence-electron chi connectivity index (χ0n) is 12.3. The minimum Gasteiger partial charge on any atom is -0.330 e. The number of rotatable bonds is 4. The molecule has 2 N–H and O–H groups in total. The summed E-state index contributed by atoms with van der Waals surface area (Å²) < 4.78 is 25.1. The van der Waals surface area contributed by atoms with Gasteiger partial charge in [-0.25, -0.2) is 8.42 Å². The molecule has 1 aromatic carbocycles. The van der Waals surface area contributed by atoms with Gasteiger partial charge in [-0.15, -0.1) is 0 Å². The molecule has 1 aliphatic rings. The molecule has 20 heavy (non-hydrogen) atoms. The fourth-order valence-electron chi connectivity index (χ4n) is 3.19. The number of sulfonamides is 1. The standard InChI is InChI=1S/C15H24N2O2S/c1-17(20(2,18)19)14-9-5-4-8-13(14)15(12-16)10-6-3-7-11-15/h4-5,8-9H,3,6-7,10-12,16H2,1-2H3. The zero-order valence-corrected chi connectivity index (χ0v) is 13.1. The molecule has 1 saturated carbocycles. The lowest BCUT2D eigenvalue weighted by molar-refractivity contribution is 0.301. The average molecular weight is 296 g/mol. The fraction of sp³-hybridized carbons (Fsp3) is 0.600. The van der Waals surface area contributed by atoms with Crippen molar-refractivity contribution in [2.75, 3.05) is 24.2 Å². The Kier molecular flexibility index (Phi) is 4.39. The maximum Gasteiger partial charge on any atom is 0.232 e. The molecule has 1 fully saturated rings. The van der Waals surface area contributed by atoms with Crippen LogP contribution < -0.4 is 10.0 Å². The van der Waals surface area contributed by atoms with Crippen molar-refractivity contribution in [1.29, 1.82) is 0 Å². The number of nitrogens with zero attached hydrogens (tertiary/aromatic N) is 1. The van der Waals surface area contributed by atoms with Crippen LogP contribution in [-0.4, -0.2) is 28.3 Å². The van der Waals surface area contributed by atoms with Gasteiger partial charge in [-0.2, -0.15) is 0 Å². The molecule has 0 unspecified atom stereocenters. The number of hydrogen-bond donors (Lipinski definition) is 1. The molecule has 0 heterocycles. The molecule has 0 aromatic heterocycles. The predicted octanol–water partition coefficient (Wildman–Crippen LogP) is 2.24. The van der Waals surface area contributed by atoms with Crippen molar-refractivity contribution in [3.05, 3.63) is 29.8 Å². The number of hydrogen-bond acceptors (Lipinski definition) is 3. The van der Waals surface area contributed by atoms with Crippen LogP contribution in [0.15, 0.2) is 24.3 Å². The van der Waals surface area contributed by atoms with E-state index in [2.05, 4.69) is 0 Å². The number of para-hydroxylation sites is 1. The van der Waals surface area contributed by atoms with Crippen LogP contribution in [0.2, 0.25) is 0 Å². The average Bonchev–Trinajstić information content (AvgIpc) is 2.46. The molecule has 0 amide bonds. The van der Waals surface area contributed by atoms with Gasteiger partial charge in [-0.3, -0.25) is 4.31 Å². The Morgan fingerprint density at radius 1 is 1.20 bits per heavy atom. The molecule has 0 bridgehead atoms. The maximum absolute atomic E-state index is 11.9. The Morgan fingerprint density at radius 2 is 1.80 bits per heavy atom. The highest BCUT2D eigenvalue weighted by molar-refractivity contribution is 7.92. The molecule has 1 aromatic rings. The molecular weight excluding hydrogens is 272 g/mol. The van der Waals surface area contributed by atoms with E-state index in [-0.39, 0.29) is 5.41 Å². The van der Waals surface area contributed by atoms with Crippen LogP contribution in [0.25, 0.3) is 0 Å². The highest BCUT2D eigenvalue weighted by Gasteiger charge is 2.35. The summed E-state index contributed by atoms with van der Waals surface area (Å²) in [4.78, 5) is 0. The molecular formula is C15H24N2O2S. The van der Waals surface area contributed by atoms with Gasteiger partial charge in [0.2, 0.25) is 10.0 Å². The third-order valence-electron chi connectivity index (χ3n) is 4.51. The van der Waals surface area contributed by atoms with Crippen molar-refractivity contribution in [2.24, 2.45) is 5.73 Å². The van der Waals surface area contributed by atoms with Gasteiger partial charge in [-0.05, 0) is 24.5 Å². The van der Waals surface area contributed by atoms with Gasteiger partial charge >= 0.3 is 0 Å². The Balaban J connectivity index is 2.51. The van der Waals surface area contributed by atoms with Crippen molar-refractivity contribution >= 4 is 15.7 Å². The van der Waals surface area contributed by atoms with Crippen LogP contribution in [0.1, 0.15) is 37.7 Å². The fourth-order valence-corrected chi connectivity index (χ4v) is 3.70. The van der Waals surface area contributed by atoms with Gasteiger partial charge in [0.25, 0.3) is 0 Å². The van der Waals surface area contributed by atoms with Crippen molar-refractivity contribution in [3.8, 4) is 0 Å². The first-order valence-electron chi connectivity index (χ1n) is 7.14. The molecule has 1 aliphatic carbocycles. The van der Waals surface area contributed by atoms with E-state index in [4.69, 9.17) is 5.73 Å². The summed E-state index contributed by atoms with van der Waals surface area (Å²) >= 11 is 0. The van der Waals surface area contributed by atoms with Crippen LogP contribution in [0.4, 0.5) is 5.69 Å². The molecule has 2 rings (SSSR count). The zero-order chi connectivity index (χ0) is 14.8. The van der Waals surface area contributed by atoms with E-state index in [1.807, 2.05) is 24.3 Å². The van der Waals surface area contributed by atoms with Crippen molar-refractivity contribution < 1.29 is 8.42 Å². The van der Waals surface area contributed by atoms with Crippen LogP contribution in [-0.2, 0) is 15.4 Å². The monoisotopic (exact) mass is 296 g/mol. The summed E-state index contributed by atoms with van der Waals surface area (Å²) in [5, 5.41) is 0. The highest BCUT2D eigenvalue weighted by Crippen LogP contribution is 2.42. The van der Waals surface area contributed by atoms with E-state index in [0.29, 0.717) is 6.54 Å². The minimum absolute atomic E-state index is 0.0756. The van der Waals surface area contributed by atoms with E-state index in [9.17, 15) is 8.42 Å². The highest BCUT2D eigenvalue weighted by atomic mass is 32.2. The Hall–Kier alpha value is -1.07. The third kappa shape index (κ3) is 2.83. The second kappa shape index (κ2) is 5.74. The van der Waals surface area contributed by atoms with Crippen LogP contribution in [0.5, 0.6) is 0 Å². The summed E-state index contributed by atoms with van der Waals surface area (Å²) in [6, 6.07) is 7.77. The normalized spacial score (nSPS) is 18.8. The van der Waals surface area contributed by atoms with E-state index >= 15 is 0 Å². The second-order valence-corrected chi connectivity index (χ2v) is 7.81. The van der Waals surface area contributed by atoms with Gasteiger partial charge in [-0.1, -0.05) is 37.5 Å². The molecule has 0 atom stereocenters. The van der Waals surface area contributed by atoms with Crippen LogP contribution in [0, 0.1) is 0 Å². The lowest BCUT2D eigenvalue weighted by Crippen LogP contribution is -2.39. The first-order chi connectivity index (χ1) is 9.41. The van der Waals surface area contributed by atoms with Crippen molar-refractivity contribution in [1.82, 2.24) is 0 Å². The molecule has 5 heteroatoms. The summed E-state index contributed by atoms with van der Waals surface area (Å²) in [5.74, 6) is 0. The lowest BCUT2D eigenvalue weighted by atomic mass is 9.69. The van der Waals surface area contributed by atoms with Gasteiger partial charge in [0.1, 0.15) is 0 Å². The number of anilines is 1. The molecule has 0 radical (unpaired) electrons. The minimum atomic E-state index is -3.26. The number of benzene rings is 1. The molecule has 4 nitrogen and oxygen atoms in total. The molecule has 112 valence electrons. The SMILES string of the molecule is CN(c1ccccc1C1(CN)CCCCC1)S(C)(=O)=O. The first-order valence-corrected chi connectivity index (χ1v) is 8.99. The molecule has 0 spiro atoms. The summed E-state index contributed by atoms with van der Waals surface area (Å²) in [5.41, 5.74) is 7.85. The summed E-state index contributed by atoms with van der Waals surface area (Å²) in [7, 11) is -1.65.